The van der Waals surface area contributed by atoms with Crippen LogP contribution in [0.4, 0.5) is 5.69 Å². The number of rotatable bonds is 3. The van der Waals surface area contributed by atoms with Crippen LogP contribution in [-0.2, 0) is 4.79 Å². The van der Waals surface area contributed by atoms with E-state index in [1.807, 2.05) is 25.1 Å². The molecule has 0 amide bonds. The Hall–Kier alpha value is -2.02. The van der Waals surface area contributed by atoms with Crippen LogP contribution in [0.1, 0.15) is 24.0 Å². The molecule has 0 radical (unpaired) electrons. The minimum absolute atomic E-state index is 0.189. The second-order valence-corrected chi connectivity index (χ2v) is 4.83. The predicted molar refractivity (Wildman–Crippen MR) is 68.5 cm³/mol. The normalized spacial score (nSPS) is 18.7. The van der Waals surface area contributed by atoms with Crippen molar-refractivity contribution < 1.29 is 9.90 Å². The fourth-order valence-electron chi connectivity index (χ4n) is 2.46. The summed E-state index contributed by atoms with van der Waals surface area (Å²) >= 11 is 0. The van der Waals surface area contributed by atoms with E-state index in [0.29, 0.717) is 5.56 Å². The maximum atomic E-state index is 10.7. The Morgan fingerprint density at radius 3 is 3.06 bits per heavy atom. The topological polar surface area (TPSA) is 64.3 Å². The van der Waals surface area contributed by atoms with Crippen LogP contribution >= 0.6 is 0 Å². The summed E-state index contributed by atoms with van der Waals surface area (Å²) in [4.78, 5) is 12.8. The molecule has 1 unspecified atom stereocenters. The highest BCUT2D eigenvalue weighted by atomic mass is 16.4. The summed E-state index contributed by atoms with van der Waals surface area (Å²) in [7, 11) is 0. The number of nitriles is 1. The fourth-order valence-corrected chi connectivity index (χ4v) is 2.46. The molecule has 0 aliphatic carbocycles. The van der Waals surface area contributed by atoms with Crippen molar-refractivity contribution in [2.45, 2.75) is 19.8 Å². The lowest BCUT2D eigenvalue weighted by atomic mass is 10.1. The van der Waals surface area contributed by atoms with Gasteiger partial charge in [-0.3, -0.25) is 4.79 Å². The van der Waals surface area contributed by atoms with E-state index >= 15 is 0 Å². The van der Waals surface area contributed by atoms with Gasteiger partial charge in [-0.05, 0) is 37.0 Å². The molecular formula is C14H16N2O2. The Kier molecular flexibility index (Phi) is 3.52. The van der Waals surface area contributed by atoms with Crippen LogP contribution in [0.25, 0.3) is 0 Å². The Balaban J connectivity index is 2.16. The average molecular weight is 244 g/mol. The second kappa shape index (κ2) is 5.09. The number of hydrogen-bond acceptors (Lipinski definition) is 3. The van der Waals surface area contributed by atoms with Crippen molar-refractivity contribution in [3.63, 3.8) is 0 Å². The molecule has 1 heterocycles. The minimum Gasteiger partial charge on any atom is -0.481 e. The maximum absolute atomic E-state index is 10.7. The first-order valence-corrected chi connectivity index (χ1v) is 6.07. The first-order valence-electron chi connectivity index (χ1n) is 6.07. The summed E-state index contributed by atoms with van der Waals surface area (Å²) in [5, 5.41) is 17.9. The largest absolute Gasteiger partial charge is 0.481 e. The minimum atomic E-state index is -0.744. The number of carboxylic acid groups (broad SMARTS) is 1. The highest BCUT2D eigenvalue weighted by Crippen LogP contribution is 2.29. The third kappa shape index (κ3) is 2.62. The summed E-state index contributed by atoms with van der Waals surface area (Å²) in [6.07, 6.45) is 1.09. The Morgan fingerprint density at radius 2 is 2.39 bits per heavy atom. The molecule has 18 heavy (non-hydrogen) atoms. The molecule has 0 aromatic heterocycles. The maximum Gasteiger partial charge on any atom is 0.303 e. The quantitative estimate of drug-likeness (QED) is 0.885. The van der Waals surface area contributed by atoms with E-state index in [0.717, 1.165) is 30.8 Å². The van der Waals surface area contributed by atoms with Gasteiger partial charge >= 0.3 is 5.97 Å². The molecule has 1 atom stereocenters. The zero-order valence-electron chi connectivity index (χ0n) is 10.4. The highest BCUT2D eigenvalue weighted by molar-refractivity contribution is 5.67. The molecule has 0 saturated carbocycles. The van der Waals surface area contributed by atoms with Gasteiger partial charge in [0.15, 0.2) is 0 Å². The number of aryl methyl sites for hydroxylation is 1. The van der Waals surface area contributed by atoms with Gasteiger partial charge in [-0.1, -0.05) is 6.07 Å². The standard InChI is InChI=1S/C14H16N2O2/c1-10-2-3-12(8-15)13(6-10)16-5-4-11(9-16)7-14(17)18/h2-3,6,11H,4-5,7,9H2,1H3,(H,17,18). The molecule has 94 valence electrons. The van der Waals surface area contributed by atoms with E-state index in [1.54, 1.807) is 0 Å². The van der Waals surface area contributed by atoms with E-state index < -0.39 is 5.97 Å². The zero-order valence-corrected chi connectivity index (χ0v) is 10.4. The van der Waals surface area contributed by atoms with Crippen LogP contribution in [0.15, 0.2) is 18.2 Å². The van der Waals surface area contributed by atoms with Gasteiger partial charge in [0.1, 0.15) is 6.07 Å². The van der Waals surface area contributed by atoms with Gasteiger partial charge in [0.2, 0.25) is 0 Å². The third-order valence-electron chi connectivity index (χ3n) is 3.36. The lowest BCUT2D eigenvalue weighted by molar-refractivity contribution is -0.137. The Bertz CT molecular complexity index is 505. The van der Waals surface area contributed by atoms with Crippen molar-refractivity contribution >= 4 is 11.7 Å². The van der Waals surface area contributed by atoms with Crippen molar-refractivity contribution in [1.29, 1.82) is 5.26 Å². The molecule has 0 bridgehead atoms. The van der Waals surface area contributed by atoms with Crippen LogP contribution in [0.2, 0.25) is 0 Å². The monoisotopic (exact) mass is 244 g/mol. The van der Waals surface area contributed by atoms with Crippen molar-refractivity contribution in [2.75, 3.05) is 18.0 Å². The van der Waals surface area contributed by atoms with E-state index in [9.17, 15) is 4.79 Å². The third-order valence-corrected chi connectivity index (χ3v) is 3.36. The average Bonchev–Trinajstić information content (AvgIpc) is 2.76. The van der Waals surface area contributed by atoms with Gasteiger partial charge in [-0.15, -0.1) is 0 Å². The molecule has 1 aliphatic heterocycles. The molecule has 2 rings (SSSR count). The number of aliphatic carboxylic acids is 1. The molecule has 1 saturated heterocycles. The Labute approximate surface area is 106 Å². The number of benzene rings is 1. The lowest BCUT2D eigenvalue weighted by Gasteiger charge is -2.20. The molecule has 4 heteroatoms. The summed E-state index contributed by atoms with van der Waals surface area (Å²) < 4.78 is 0. The van der Waals surface area contributed by atoms with Gasteiger partial charge in [-0.2, -0.15) is 5.26 Å². The summed E-state index contributed by atoms with van der Waals surface area (Å²) in [6, 6.07) is 7.95. The molecular weight excluding hydrogens is 228 g/mol. The summed E-state index contributed by atoms with van der Waals surface area (Å²) in [5.74, 6) is -0.554. The van der Waals surface area contributed by atoms with Gasteiger partial charge in [-0.25, -0.2) is 0 Å². The number of anilines is 1. The summed E-state index contributed by atoms with van der Waals surface area (Å²) in [5.41, 5.74) is 2.72. The molecule has 1 aromatic carbocycles. The number of carbonyl (C=O) groups is 1. The summed E-state index contributed by atoms with van der Waals surface area (Å²) in [6.45, 7) is 3.55. The number of hydrogen-bond donors (Lipinski definition) is 1. The van der Waals surface area contributed by atoms with Gasteiger partial charge in [0.25, 0.3) is 0 Å². The fraction of sp³-hybridized carbons (Fsp3) is 0.429. The number of nitrogens with zero attached hydrogens (tertiary/aromatic N) is 2. The highest BCUT2D eigenvalue weighted by Gasteiger charge is 2.25. The van der Waals surface area contributed by atoms with E-state index in [1.165, 1.54) is 0 Å². The van der Waals surface area contributed by atoms with Crippen molar-refractivity contribution in [3.8, 4) is 6.07 Å². The van der Waals surface area contributed by atoms with Gasteiger partial charge < -0.3 is 10.0 Å². The van der Waals surface area contributed by atoms with Crippen LogP contribution in [0.5, 0.6) is 0 Å². The molecule has 4 nitrogen and oxygen atoms in total. The van der Waals surface area contributed by atoms with Crippen molar-refractivity contribution in [3.05, 3.63) is 29.3 Å². The van der Waals surface area contributed by atoms with Crippen molar-refractivity contribution in [2.24, 2.45) is 5.92 Å². The first-order chi connectivity index (χ1) is 8.60. The van der Waals surface area contributed by atoms with Crippen LogP contribution in [-0.4, -0.2) is 24.2 Å². The molecule has 1 N–H and O–H groups in total. The first kappa shape index (κ1) is 12.4. The lowest BCUT2D eigenvalue weighted by Crippen LogP contribution is -2.21. The van der Waals surface area contributed by atoms with Crippen molar-refractivity contribution in [1.82, 2.24) is 0 Å². The SMILES string of the molecule is Cc1ccc(C#N)c(N2CCC(CC(=O)O)C2)c1. The molecule has 0 spiro atoms. The second-order valence-electron chi connectivity index (χ2n) is 4.83. The number of carboxylic acids is 1. The Morgan fingerprint density at radius 1 is 1.61 bits per heavy atom. The van der Waals surface area contributed by atoms with Crippen LogP contribution in [0, 0.1) is 24.2 Å². The smallest absolute Gasteiger partial charge is 0.303 e. The zero-order chi connectivity index (χ0) is 13.1. The van der Waals surface area contributed by atoms with Gasteiger partial charge in [0, 0.05) is 19.5 Å². The van der Waals surface area contributed by atoms with Crippen LogP contribution in [0.3, 0.4) is 0 Å². The van der Waals surface area contributed by atoms with Crippen LogP contribution < -0.4 is 4.90 Å². The molecule has 1 aliphatic rings. The molecule has 1 aromatic rings. The predicted octanol–water partition coefficient (Wildman–Crippen LogP) is 2.17. The van der Waals surface area contributed by atoms with Gasteiger partial charge in [0.05, 0.1) is 11.3 Å². The van der Waals surface area contributed by atoms with E-state index in [4.69, 9.17) is 10.4 Å². The van der Waals surface area contributed by atoms with E-state index in [-0.39, 0.29) is 12.3 Å². The van der Waals surface area contributed by atoms with E-state index in [2.05, 4.69) is 11.0 Å². The molecule has 1 fully saturated rings.